The molecule has 0 aliphatic carbocycles. The third-order valence-corrected chi connectivity index (χ3v) is 5.34. The molecule has 4 aromatic rings. The number of nitrogens with two attached hydrogens (primary N) is 1. The van der Waals surface area contributed by atoms with Crippen molar-refractivity contribution in [1.29, 1.82) is 0 Å². The quantitative estimate of drug-likeness (QED) is 0.495. The molecule has 3 heterocycles. The van der Waals surface area contributed by atoms with Gasteiger partial charge in [-0.3, -0.25) is 0 Å². The molecule has 0 unspecified atom stereocenters. The molecule has 0 spiro atoms. The van der Waals surface area contributed by atoms with E-state index in [2.05, 4.69) is 20.4 Å². The summed E-state index contributed by atoms with van der Waals surface area (Å²) in [6, 6.07) is 12.7. The van der Waals surface area contributed by atoms with Crippen molar-refractivity contribution in [3.8, 4) is 22.8 Å². The number of para-hydroxylation sites is 1. The molecule has 164 valence electrons. The highest BCUT2D eigenvalue weighted by Crippen LogP contribution is 2.37. The lowest BCUT2D eigenvalue weighted by molar-refractivity contribution is -0.0375. The van der Waals surface area contributed by atoms with Crippen LogP contribution in [0.25, 0.3) is 22.3 Å². The lowest BCUT2D eigenvalue weighted by Gasteiger charge is -2.29. The number of hydrogen-bond acceptors (Lipinski definition) is 6. The number of nitrogens with zero attached hydrogens (tertiary/aromatic N) is 4. The second-order valence-electron chi connectivity index (χ2n) is 7.65. The molecule has 0 amide bonds. The average Bonchev–Trinajstić information content (AvgIpc) is 3.15. The topological polar surface area (TPSA) is 90.9 Å². The molecule has 10 heteroatoms. The van der Waals surface area contributed by atoms with Gasteiger partial charge in [-0.05, 0) is 24.3 Å². The summed E-state index contributed by atoms with van der Waals surface area (Å²) in [6.45, 7) is -0.119. The van der Waals surface area contributed by atoms with E-state index in [4.69, 9.17) is 10.5 Å². The van der Waals surface area contributed by atoms with Crippen LogP contribution in [0.2, 0.25) is 0 Å². The largest absolute Gasteiger partial charge is 0.457 e. The van der Waals surface area contributed by atoms with Gasteiger partial charge >= 0.3 is 0 Å². The van der Waals surface area contributed by atoms with Crippen LogP contribution in [0.4, 0.5) is 19.0 Å². The Balaban J connectivity index is 1.57. The van der Waals surface area contributed by atoms with E-state index in [1.807, 2.05) is 18.2 Å². The van der Waals surface area contributed by atoms with Gasteiger partial charge in [0.25, 0.3) is 5.92 Å². The summed E-state index contributed by atoms with van der Waals surface area (Å²) in [5.41, 5.74) is 6.67. The first-order chi connectivity index (χ1) is 15.4. The van der Waals surface area contributed by atoms with E-state index >= 15 is 4.39 Å². The van der Waals surface area contributed by atoms with E-state index in [9.17, 15) is 8.78 Å². The van der Waals surface area contributed by atoms with Crippen molar-refractivity contribution in [2.24, 2.45) is 0 Å². The van der Waals surface area contributed by atoms with Crippen LogP contribution in [0.3, 0.4) is 0 Å². The number of aromatic nitrogens is 4. The van der Waals surface area contributed by atoms with Gasteiger partial charge in [0, 0.05) is 24.6 Å². The number of hydrogen-bond donors (Lipinski definition) is 2. The Bertz CT molecular complexity index is 1280. The highest BCUT2D eigenvalue weighted by atomic mass is 19.3. The maximum absolute atomic E-state index is 15.1. The molecule has 7 nitrogen and oxygen atoms in total. The van der Waals surface area contributed by atoms with E-state index < -0.39 is 30.7 Å². The van der Waals surface area contributed by atoms with Crippen molar-refractivity contribution in [3.05, 3.63) is 60.7 Å². The number of halogens is 3. The molecule has 32 heavy (non-hydrogen) atoms. The molecule has 1 aliphatic rings. The second-order valence-corrected chi connectivity index (χ2v) is 7.65. The van der Waals surface area contributed by atoms with E-state index in [1.165, 1.54) is 23.1 Å². The summed E-state index contributed by atoms with van der Waals surface area (Å²) in [5.74, 6) is -2.52. The van der Waals surface area contributed by atoms with Crippen LogP contribution in [0.1, 0.15) is 12.5 Å². The predicted molar refractivity (Wildman–Crippen MR) is 113 cm³/mol. The van der Waals surface area contributed by atoms with Crippen molar-refractivity contribution >= 4 is 16.9 Å². The third-order valence-electron chi connectivity index (χ3n) is 5.34. The number of alkyl halides is 2. The number of ether oxygens (including phenoxy) is 1. The van der Waals surface area contributed by atoms with Gasteiger partial charge in [-0.25, -0.2) is 27.8 Å². The zero-order valence-electron chi connectivity index (χ0n) is 16.8. The van der Waals surface area contributed by atoms with Gasteiger partial charge in [-0.15, -0.1) is 0 Å². The van der Waals surface area contributed by atoms with Gasteiger partial charge < -0.3 is 15.8 Å². The maximum atomic E-state index is 15.1. The Morgan fingerprint density at radius 3 is 2.66 bits per heavy atom. The lowest BCUT2D eigenvalue weighted by atomic mass is 10.0. The molecule has 0 radical (unpaired) electrons. The molecule has 2 aromatic carbocycles. The number of nitrogens with one attached hydrogen (secondary N) is 1. The van der Waals surface area contributed by atoms with Gasteiger partial charge in [0.05, 0.1) is 18.0 Å². The number of piperidine rings is 1. The Hall–Kier alpha value is -3.66. The smallest absolute Gasteiger partial charge is 0.262 e. The number of benzene rings is 2. The van der Waals surface area contributed by atoms with Gasteiger partial charge in [-0.1, -0.05) is 18.2 Å². The van der Waals surface area contributed by atoms with Crippen LogP contribution in [0.5, 0.6) is 11.5 Å². The molecule has 1 fully saturated rings. The van der Waals surface area contributed by atoms with Crippen molar-refractivity contribution in [3.63, 3.8) is 0 Å². The minimum Gasteiger partial charge on any atom is -0.457 e. The minimum absolute atomic E-state index is 0.0933. The first-order valence-electron chi connectivity index (χ1n) is 10.0. The van der Waals surface area contributed by atoms with E-state index in [-0.39, 0.29) is 29.3 Å². The number of rotatable bonds is 4. The molecule has 3 N–H and O–H groups in total. The predicted octanol–water partition coefficient (Wildman–Crippen LogP) is 4.18. The summed E-state index contributed by atoms with van der Waals surface area (Å²) >= 11 is 0. The number of anilines is 1. The van der Waals surface area contributed by atoms with E-state index in [0.29, 0.717) is 16.9 Å². The van der Waals surface area contributed by atoms with Crippen LogP contribution in [-0.4, -0.2) is 38.8 Å². The fourth-order valence-corrected chi connectivity index (χ4v) is 3.90. The zero-order chi connectivity index (χ0) is 22.3. The highest BCUT2D eigenvalue weighted by Gasteiger charge is 2.38. The van der Waals surface area contributed by atoms with Crippen molar-refractivity contribution in [1.82, 2.24) is 25.1 Å². The number of nitrogen functional groups attached to an aromatic ring is 1. The zero-order valence-corrected chi connectivity index (χ0v) is 16.8. The molecule has 1 aliphatic heterocycles. The molecule has 2 aromatic heterocycles. The molecule has 5 rings (SSSR count). The monoisotopic (exact) mass is 440 g/mol. The van der Waals surface area contributed by atoms with Crippen LogP contribution in [0, 0.1) is 5.82 Å². The highest BCUT2D eigenvalue weighted by molar-refractivity contribution is 5.98. The minimum atomic E-state index is -2.89. The van der Waals surface area contributed by atoms with Crippen LogP contribution < -0.4 is 15.8 Å². The third kappa shape index (κ3) is 3.73. The first-order valence-corrected chi connectivity index (χ1v) is 10.0. The fraction of sp³-hybridized carbons (Fsp3) is 0.227. The first kappa shape index (κ1) is 20.3. The summed E-state index contributed by atoms with van der Waals surface area (Å²) in [6.07, 6.45) is 0.827. The molecular weight excluding hydrogens is 421 g/mol. The van der Waals surface area contributed by atoms with E-state index in [0.717, 1.165) is 0 Å². The standard InChI is InChI=1S/C22H19F3N6O/c23-17-8-15(32-14-4-2-1-3-5-14)6-7-16(17)19-18-20(26)28-12-29-21(18)31(30-19)13-9-22(24,25)11-27-10-13/h1-8,12-13,27H,9-11H2,(H2,26,28,29)/t13-/m1/s1. The molecular formula is C22H19F3N6O. The fourth-order valence-electron chi connectivity index (χ4n) is 3.90. The van der Waals surface area contributed by atoms with Crippen molar-refractivity contribution in [2.45, 2.75) is 18.4 Å². The summed E-state index contributed by atoms with van der Waals surface area (Å²) in [7, 11) is 0. The van der Waals surface area contributed by atoms with Crippen LogP contribution >= 0.6 is 0 Å². The van der Waals surface area contributed by atoms with Gasteiger partial charge in [0.15, 0.2) is 5.65 Å². The summed E-state index contributed by atoms with van der Waals surface area (Å²) < 4.78 is 50.2. The second kappa shape index (κ2) is 7.79. The maximum Gasteiger partial charge on any atom is 0.262 e. The Morgan fingerprint density at radius 2 is 1.91 bits per heavy atom. The summed E-state index contributed by atoms with van der Waals surface area (Å²) in [4.78, 5) is 8.19. The average molecular weight is 440 g/mol. The van der Waals surface area contributed by atoms with Gasteiger partial charge in [0.2, 0.25) is 0 Å². The SMILES string of the molecule is Nc1ncnc2c1c(-c1ccc(Oc3ccccc3)cc1F)nn2[C@H]1CNCC(F)(F)C1. The molecule has 0 bridgehead atoms. The van der Waals surface area contributed by atoms with Gasteiger partial charge in [-0.2, -0.15) is 5.10 Å². The van der Waals surface area contributed by atoms with Gasteiger partial charge in [0.1, 0.15) is 35.2 Å². The van der Waals surface area contributed by atoms with E-state index in [1.54, 1.807) is 18.2 Å². The van der Waals surface area contributed by atoms with Crippen molar-refractivity contribution in [2.75, 3.05) is 18.8 Å². The van der Waals surface area contributed by atoms with Crippen LogP contribution in [0.15, 0.2) is 54.9 Å². The Labute approximate surface area is 181 Å². The Morgan fingerprint density at radius 1 is 1.09 bits per heavy atom. The van der Waals surface area contributed by atoms with Crippen LogP contribution in [-0.2, 0) is 0 Å². The summed E-state index contributed by atoms with van der Waals surface area (Å²) in [5, 5.41) is 7.50. The Kier molecular flexibility index (Phi) is 4.93. The molecule has 0 saturated carbocycles. The number of fused-ring (bicyclic) bond motifs is 1. The normalized spacial score (nSPS) is 18.0. The van der Waals surface area contributed by atoms with Crippen molar-refractivity contribution < 1.29 is 17.9 Å². The molecule has 1 atom stereocenters. The molecule has 1 saturated heterocycles. The lowest BCUT2D eigenvalue weighted by Crippen LogP contribution is -2.44.